The zero-order valence-corrected chi connectivity index (χ0v) is 6.94. The van der Waals surface area contributed by atoms with E-state index in [9.17, 15) is 0 Å². The van der Waals surface area contributed by atoms with Gasteiger partial charge in [0.25, 0.3) is 0 Å². The summed E-state index contributed by atoms with van der Waals surface area (Å²) < 4.78 is 4.80. The lowest BCUT2D eigenvalue weighted by atomic mass is 10.3. The van der Waals surface area contributed by atoms with Gasteiger partial charge in [0.2, 0.25) is 0 Å². The highest BCUT2D eigenvalue weighted by atomic mass is 32.1. The SMILES string of the molecule is COC=Cc1sccc1C. The fraction of sp³-hybridized carbons (Fsp3) is 0.250. The molecule has 0 unspecified atom stereocenters. The van der Waals surface area contributed by atoms with Crippen LogP contribution in [0.3, 0.4) is 0 Å². The van der Waals surface area contributed by atoms with E-state index >= 15 is 0 Å². The predicted octanol–water partition coefficient (Wildman–Crippen LogP) is 2.67. The summed E-state index contributed by atoms with van der Waals surface area (Å²) in [5.74, 6) is 0. The van der Waals surface area contributed by atoms with Crippen molar-refractivity contribution in [1.82, 2.24) is 0 Å². The molecule has 1 rings (SSSR count). The van der Waals surface area contributed by atoms with Crippen LogP contribution in [0.15, 0.2) is 17.7 Å². The standard InChI is InChI=1S/C8H10OS/c1-7-4-6-10-8(7)3-5-9-2/h3-6H,1-2H3. The largest absolute Gasteiger partial charge is 0.504 e. The van der Waals surface area contributed by atoms with Crippen LogP contribution in [-0.2, 0) is 4.74 Å². The number of aryl methyl sites for hydroxylation is 1. The smallest absolute Gasteiger partial charge is 0.0838 e. The highest BCUT2D eigenvalue weighted by Crippen LogP contribution is 2.16. The molecule has 0 aromatic carbocycles. The zero-order chi connectivity index (χ0) is 7.40. The maximum atomic E-state index is 4.80. The molecular weight excluding hydrogens is 144 g/mol. The Hall–Kier alpha value is -0.760. The van der Waals surface area contributed by atoms with Crippen LogP contribution < -0.4 is 0 Å². The minimum atomic E-state index is 1.27. The molecule has 0 spiro atoms. The van der Waals surface area contributed by atoms with Crippen molar-refractivity contribution in [2.45, 2.75) is 6.92 Å². The Kier molecular flexibility index (Phi) is 2.51. The third kappa shape index (κ3) is 1.61. The van der Waals surface area contributed by atoms with Gasteiger partial charge in [0.1, 0.15) is 0 Å². The molecule has 1 nitrogen and oxygen atoms in total. The lowest BCUT2D eigenvalue weighted by molar-refractivity contribution is 0.341. The Labute approximate surface area is 65.0 Å². The van der Waals surface area contributed by atoms with Gasteiger partial charge in [-0.15, -0.1) is 11.3 Å². The Morgan fingerprint density at radius 1 is 1.60 bits per heavy atom. The molecule has 0 saturated carbocycles. The molecule has 0 amide bonds. The topological polar surface area (TPSA) is 9.23 Å². The van der Waals surface area contributed by atoms with E-state index in [1.54, 1.807) is 24.7 Å². The van der Waals surface area contributed by atoms with E-state index in [2.05, 4.69) is 18.4 Å². The Morgan fingerprint density at radius 2 is 2.40 bits per heavy atom. The molecule has 0 saturated heterocycles. The monoisotopic (exact) mass is 154 g/mol. The molecule has 1 heterocycles. The highest BCUT2D eigenvalue weighted by Gasteiger charge is 1.92. The van der Waals surface area contributed by atoms with Crippen molar-refractivity contribution in [2.24, 2.45) is 0 Å². The van der Waals surface area contributed by atoms with Crippen molar-refractivity contribution in [3.8, 4) is 0 Å². The lowest BCUT2D eigenvalue weighted by Gasteiger charge is -1.88. The summed E-state index contributed by atoms with van der Waals surface area (Å²) in [6.45, 7) is 2.09. The van der Waals surface area contributed by atoms with E-state index in [4.69, 9.17) is 4.74 Å². The number of thiophene rings is 1. The number of rotatable bonds is 2. The molecule has 1 aromatic rings. The van der Waals surface area contributed by atoms with Gasteiger partial charge in [-0.25, -0.2) is 0 Å². The molecular formula is C8H10OS. The van der Waals surface area contributed by atoms with Gasteiger partial charge >= 0.3 is 0 Å². The average molecular weight is 154 g/mol. The van der Waals surface area contributed by atoms with Crippen molar-refractivity contribution >= 4 is 17.4 Å². The van der Waals surface area contributed by atoms with E-state index in [1.165, 1.54) is 10.4 Å². The summed E-state index contributed by atoms with van der Waals surface area (Å²) in [6, 6.07) is 2.10. The lowest BCUT2D eigenvalue weighted by Crippen LogP contribution is -1.68. The van der Waals surface area contributed by atoms with Crippen LogP contribution in [0.5, 0.6) is 0 Å². The highest BCUT2D eigenvalue weighted by molar-refractivity contribution is 7.11. The summed E-state index contributed by atoms with van der Waals surface area (Å²) >= 11 is 1.72. The number of ether oxygens (including phenoxy) is 1. The minimum Gasteiger partial charge on any atom is -0.504 e. The Morgan fingerprint density at radius 3 is 2.90 bits per heavy atom. The van der Waals surface area contributed by atoms with E-state index in [0.717, 1.165) is 0 Å². The first-order valence-electron chi connectivity index (χ1n) is 3.08. The summed E-state index contributed by atoms with van der Waals surface area (Å²) in [6.07, 6.45) is 3.67. The normalized spacial score (nSPS) is 10.6. The van der Waals surface area contributed by atoms with Crippen molar-refractivity contribution < 1.29 is 4.74 Å². The van der Waals surface area contributed by atoms with E-state index in [-0.39, 0.29) is 0 Å². The van der Waals surface area contributed by atoms with Crippen molar-refractivity contribution in [1.29, 1.82) is 0 Å². The zero-order valence-electron chi connectivity index (χ0n) is 6.13. The Bertz CT molecular complexity index is 225. The second-order valence-corrected chi connectivity index (χ2v) is 2.95. The molecule has 0 aliphatic carbocycles. The summed E-state index contributed by atoms with van der Waals surface area (Å²) in [7, 11) is 1.65. The molecule has 0 radical (unpaired) electrons. The van der Waals surface area contributed by atoms with Crippen LogP contribution >= 0.6 is 11.3 Å². The first-order chi connectivity index (χ1) is 4.84. The Balaban J connectivity index is 2.74. The van der Waals surface area contributed by atoms with Gasteiger partial charge in [-0.2, -0.15) is 0 Å². The number of hydrogen-bond acceptors (Lipinski definition) is 2. The van der Waals surface area contributed by atoms with Gasteiger partial charge in [0.05, 0.1) is 13.4 Å². The molecule has 0 bridgehead atoms. The van der Waals surface area contributed by atoms with Crippen LogP contribution in [0.1, 0.15) is 10.4 Å². The second-order valence-electron chi connectivity index (χ2n) is 2.01. The summed E-state index contributed by atoms with van der Waals surface area (Å²) in [4.78, 5) is 1.27. The quantitative estimate of drug-likeness (QED) is 0.595. The van der Waals surface area contributed by atoms with Gasteiger partial charge < -0.3 is 4.74 Å². The van der Waals surface area contributed by atoms with Gasteiger partial charge in [0, 0.05) is 4.88 Å². The third-order valence-corrected chi connectivity index (χ3v) is 2.24. The number of hydrogen-bond donors (Lipinski definition) is 0. The fourth-order valence-electron chi connectivity index (χ4n) is 0.685. The second kappa shape index (κ2) is 3.42. The van der Waals surface area contributed by atoms with Gasteiger partial charge in [0.15, 0.2) is 0 Å². The first-order valence-corrected chi connectivity index (χ1v) is 3.96. The summed E-state index contributed by atoms with van der Waals surface area (Å²) in [5, 5.41) is 2.07. The van der Waals surface area contributed by atoms with Crippen LogP contribution in [0.2, 0.25) is 0 Å². The maximum Gasteiger partial charge on any atom is 0.0838 e. The summed E-state index contributed by atoms with van der Waals surface area (Å²) in [5.41, 5.74) is 1.30. The van der Waals surface area contributed by atoms with Crippen molar-refractivity contribution in [2.75, 3.05) is 7.11 Å². The van der Waals surface area contributed by atoms with Crippen LogP contribution in [0, 0.1) is 6.92 Å². The predicted molar refractivity (Wildman–Crippen MR) is 45.1 cm³/mol. The molecule has 0 atom stereocenters. The molecule has 0 fully saturated rings. The van der Waals surface area contributed by atoms with E-state index < -0.39 is 0 Å². The third-order valence-electron chi connectivity index (χ3n) is 1.26. The molecule has 0 aliphatic heterocycles. The van der Waals surface area contributed by atoms with Gasteiger partial charge in [-0.1, -0.05) is 0 Å². The minimum absolute atomic E-state index is 1.27. The molecule has 0 N–H and O–H groups in total. The fourth-order valence-corrected chi connectivity index (χ4v) is 1.49. The molecule has 10 heavy (non-hydrogen) atoms. The van der Waals surface area contributed by atoms with Gasteiger partial charge in [-0.3, -0.25) is 0 Å². The molecule has 0 aliphatic rings. The molecule has 1 aromatic heterocycles. The van der Waals surface area contributed by atoms with E-state index in [0.29, 0.717) is 0 Å². The van der Waals surface area contributed by atoms with Gasteiger partial charge in [-0.05, 0) is 30.0 Å². The molecule has 2 heteroatoms. The van der Waals surface area contributed by atoms with Crippen LogP contribution in [0.25, 0.3) is 6.08 Å². The maximum absolute atomic E-state index is 4.80. The first kappa shape index (κ1) is 7.35. The van der Waals surface area contributed by atoms with E-state index in [1.807, 2.05) is 6.08 Å². The van der Waals surface area contributed by atoms with Crippen LogP contribution in [-0.4, -0.2) is 7.11 Å². The van der Waals surface area contributed by atoms with Crippen LogP contribution in [0.4, 0.5) is 0 Å². The number of methoxy groups -OCH3 is 1. The average Bonchev–Trinajstić information content (AvgIpc) is 2.31. The molecule has 54 valence electrons. The van der Waals surface area contributed by atoms with Crippen molar-refractivity contribution in [3.63, 3.8) is 0 Å². The van der Waals surface area contributed by atoms with Crippen molar-refractivity contribution in [3.05, 3.63) is 28.1 Å².